The molecule has 0 aromatic heterocycles. The number of para-hydroxylation sites is 2. The lowest BCUT2D eigenvalue weighted by Crippen LogP contribution is -2.53. The van der Waals surface area contributed by atoms with E-state index < -0.39 is 21.6 Å². The van der Waals surface area contributed by atoms with E-state index >= 15 is 0 Å². The van der Waals surface area contributed by atoms with E-state index in [2.05, 4.69) is 5.32 Å². The fraction of sp³-hybridized carbons (Fsp3) is 0.500. The first-order valence-corrected chi connectivity index (χ1v) is 15.1. The van der Waals surface area contributed by atoms with E-state index in [1.807, 2.05) is 52.8 Å². The van der Waals surface area contributed by atoms with Gasteiger partial charge in [-0.15, -0.1) is 0 Å². The summed E-state index contributed by atoms with van der Waals surface area (Å²) in [6.07, 6.45) is 1.84. The monoisotopic (exact) mass is 565 g/mol. The van der Waals surface area contributed by atoms with E-state index in [9.17, 15) is 18.0 Å². The minimum atomic E-state index is -3.64. The van der Waals surface area contributed by atoms with E-state index in [0.717, 1.165) is 11.8 Å². The zero-order chi connectivity index (χ0) is 28.5. The molecule has 2 aromatic carbocycles. The third kappa shape index (κ3) is 9.20. The number of sulfonamides is 1. The van der Waals surface area contributed by atoms with Crippen molar-refractivity contribution in [3.8, 4) is 5.75 Å². The highest BCUT2D eigenvalue weighted by Gasteiger charge is 2.31. The average Bonchev–Trinajstić information content (AvgIpc) is 2.81. The van der Waals surface area contributed by atoms with Gasteiger partial charge in [-0.05, 0) is 64.3 Å². The van der Waals surface area contributed by atoms with Crippen molar-refractivity contribution in [1.82, 2.24) is 10.2 Å². The first-order valence-electron chi connectivity index (χ1n) is 12.8. The maximum Gasteiger partial charge on any atom is 0.243 e. The number of hydrogen-bond acceptors (Lipinski definition) is 5. The van der Waals surface area contributed by atoms with Gasteiger partial charge in [0.1, 0.15) is 11.8 Å². The molecule has 0 heterocycles. The second kappa shape index (κ2) is 13.8. The summed E-state index contributed by atoms with van der Waals surface area (Å²) < 4.78 is 32.2. The van der Waals surface area contributed by atoms with Gasteiger partial charge in [0.15, 0.2) is 0 Å². The summed E-state index contributed by atoms with van der Waals surface area (Å²) in [5.41, 5.74) is 0.689. The van der Waals surface area contributed by atoms with Gasteiger partial charge in [0, 0.05) is 30.1 Å². The van der Waals surface area contributed by atoms with Gasteiger partial charge < -0.3 is 15.0 Å². The van der Waals surface area contributed by atoms with Gasteiger partial charge in [0.05, 0.1) is 18.6 Å². The second-order valence-corrected chi connectivity index (χ2v) is 12.4. The summed E-state index contributed by atoms with van der Waals surface area (Å²) in [6.45, 7) is 9.98. The van der Waals surface area contributed by atoms with Gasteiger partial charge in [0.25, 0.3) is 0 Å². The van der Waals surface area contributed by atoms with Crippen molar-refractivity contribution >= 4 is 39.1 Å². The molecule has 38 heavy (non-hydrogen) atoms. The van der Waals surface area contributed by atoms with Crippen molar-refractivity contribution in [2.45, 2.75) is 72.0 Å². The van der Waals surface area contributed by atoms with Crippen LogP contribution in [0.3, 0.4) is 0 Å². The molecule has 1 atom stereocenters. The van der Waals surface area contributed by atoms with Gasteiger partial charge in [-0.25, -0.2) is 8.42 Å². The van der Waals surface area contributed by atoms with Gasteiger partial charge in [0.2, 0.25) is 21.8 Å². The lowest BCUT2D eigenvalue weighted by atomic mass is 10.0. The molecule has 8 nitrogen and oxygen atoms in total. The molecule has 210 valence electrons. The van der Waals surface area contributed by atoms with Crippen LogP contribution in [0, 0.1) is 0 Å². The van der Waals surface area contributed by atoms with E-state index in [4.69, 9.17) is 16.3 Å². The molecule has 10 heteroatoms. The van der Waals surface area contributed by atoms with Crippen molar-refractivity contribution < 1.29 is 22.7 Å². The van der Waals surface area contributed by atoms with Crippen LogP contribution < -0.4 is 14.4 Å². The fourth-order valence-electron chi connectivity index (χ4n) is 4.11. The Morgan fingerprint density at radius 1 is 1.05 bits per heavy atom. The Labute approximate surface area is 232 Å². The van der Waals surface area contributed by atoms with Crippen molar-refractivity contribution in [2.75, 3.05) is 23.7 Å². The molecule has 0 saturated carbocycles. The van der Waals surface area contributed by atoms with Crippen molar-refractivity contribution in [3.05, 3.63) is 59.1 Å². The molecule has 1 N–H and O–H groups in total. The Bertz CT molecular complexity index is 1200. The average molecular weight is 566 g/mol. The number of nitrogens with one attached hydrogen (secondary N) is 1. The normalized spacial score (nSPS) is 12.5. The molecule has 0 radical (unpaired) electrons. The Balaban J connectivity index is 2.29. The predicted molar refractivity (Wildman–Crippen MR) is 153 cm³/mol. The maximum atomic E-state index is 13.6. The van der Waals surface area contributed by atoms with Crippen molar-refractivity contribution in [3.63, 3.8) is 0 Å². The number of ether oxygens (including phenoxy) is 1. The molecule has 0 saturated heterocycles. The summed E-state index contributed by atoms with van der Waals surface area (Å²) in [7, 11) is -3.64. The number of halogens is 1. The van der Waals surface area contributed by atoms with Gasteiger partial charge >= 0.3 is 0 Å². The number of carbonyl (C=O) groups excluding carboxylic acids is 2. The highest BCUT2D eigenvalue weighted by Crippen LogP contribution is 2.30. The molecule has 0 bridgehead atoms. The molecule has 2 amide bonds. The van der Waals surface area contributed by atoms with Crippen LogP contribution in [0.25, 0.3) is 0 Å². The highest BCUT2D eigenvalue weighted by molar-refractivity contribution is 7.92. The molecule has 0 fully saturated rings. The van der Waals surface area contributed by atoms with Crippen LogP contribution in [0.5, 0.6) is 5.75 Å². The van der Waals surface area contributed by atoms with Crippen LogP contribution in [0.2, 0.25) is 5.02 Å². The number of anilines is 1. The standard InChI is InChI=1S/C28H40ClN3O5S/c1-7-23(27(34)30-28(3,4)5)31(20-21-14-9-10-15-22(21)29)26(33)18-13-19-32(38(6,35)36)24-16-11-12-17-25(24)37-8-2/h9-12,14-17,23H,7-8,13,18-20H2,1-6H3,(H,30,34)/t23-/m1/s1. The third-order valence-electron chi connectivity index (χ3n) is 5.77. The molecular formula is C28H40ClN3O5S. The zero-order valence-electron chi connectivity index (χ0n) is 23.2. The maximum absolute atomic E-state index is 13.6. The second-order valence-electron chi connectivity index (χ2n) is 10.1. The molecule has 2 aromatic rings. The quantitative estimate of drug-likeness (QED) is 0.368. The molecular weight excluding hydrogens is 526 g/mol. The number of rotatable bonds is 13. The number of nitrogens with zero attached hydrogens (tertiary/aromatic N) is 2. The Morgan fingerprint density at radius 3 is 2.26 bits per heavy atom. The molecule has 0 aliphatic heterocycles. The van der Waals surface area contributed by atoms with Crippen LogP contribution in [-0.2, 0) is 26.2 Å². The van der Waals surface area contributed by atoms with Crippen molar-refractivity contribution in [2.24, 2.45) is 0 Å². The number of amides is 2. The lowest BCUT2D eigenvalue weighted by Gasteiger charge is -2.33. The highest BCUT2D eigenvalue weighted by atomic mass is 35.5. The van der Waals surface area contributed by atoms with Crippen LogP contribution in [-0.4, -0.2) is 56.1 Å². The molecule has 0 aliphatic carbocycles. The summed E-state index contributed by atoms with van der Waals surface area (Å²) in [5, 5.41) is 3.48. The van der Waals surface area contributed by atoms with E-state index in [0.29, 0.717) is 29.5 Å². The van der Waals surface area contributed by atoms with E-state index in [1.54, 1.807) is 35.2 Å². The third-order valence-corrected chi connectivity index (χ3v) is 7.32. The Kier molecular flexibility index (Phi) is 11.5. The lowest BCUT2D eigenvalue weighted by molar-refractivity contribution is -0.142. The smallest absolute Gasteiger partial charge is 0.243 e. The molecule has 2 rings (SSSR count). The fourth-order valence-corrected chi connectivity index (χ4v) is 5.27. The number of hydrogen-bond donors (Lipinski definition) is 1. The largest absolute Gasteiger partial charge is 0.492 e. The SMILES string of the molecule is CCOc1ccccc1N(CCCC(=O)N(Cc1ccccc1Cl)[C@H](CC)C(=O)NC(C)(C)C)S(C)(=O)=O. The van der Waals surface area contributed by atoms with Crippen LogP contribution in [0.15, 0.2) is 48.5 Å². The minimum Gasteiger partial charge on any atom is -0.492 e. The summed E-state index contributed by atoms with van der Waals surface area (Å²) in [4.78, 5) is 28.3. The molecule has 0 unspecified atom stereocenters. The van der Waals surface area contributed by atoms with Crippen LogP contribution >= 0.6 is 11.6 Å². The van der Waals surface area contributed by atoms with E-state index in [1.165, 1.54) is 4.31 Å². The van der Waals surface area contributed by atoms with Gasteiger partial charge in [-0.2, -0.15) is 0 Å². The summed E-state index contributed by atoms with van der Waals surface area (Å²) >= 11 is 6.39. The first kappa shape index (κ1) is 31.4. The summed E-state index contributed by atoms with van der Waals surface area (Å²) in [5.74, 6) is -0.0480. The number of benzene rings is 2. The minimum absolute atomic E-state index is 0.0482. The molecule has 0 spiro atoms. The van der Waals surface area contributed by atoms with Crippen LogP contribution in [0.4, 0.5) is 5.69 Å². The number of carbonyl (C=O) groups is 2. The molecule has 0 aliphatic rings. The zero-order valence-corrected chi connectivity index (χ0v) is 24.7. The van der Waals surface area contributed by atoms with Crippen LogP contribution in [0.1, 0.15) is 59.4 Å². The predicted octanol–water partition coefficient (Wildman–Crippen LogP) is 5.01. The Morgan fingerprint density at radius 2 is 1.68 bits per heavy atom. The topological polar surface area (TPSA) is 96.0 Å². The van der Waals surface area contributed by atoms with E-state index in [-0.39, 0.29) is 37.7 Å². The van der Waals surface area contributed by atoms with Gasteiger partial charge in [-0.3, -0.25) is 13.9 Å². The first-order chi connectivity index (χ1) is 17.8. The Hall–Kier alpha value is -2.78. The summed E-state index contributed by atoms with van der Waals surface area (Å²) in [6, 6.07) is 13.4. The van der Waals surface area contributed by atoms with Crippen molar-refractivity contribution in [1.29, 1.82) is 0 Å². The van der Waals surface area contributed by atoms with Gasteiger partial charge in [-0.1, -0.05) is 48.9 Å².